The molecule has 0 fully saturated rings. The third-order valence-electron chi connectivity index (χ3n) is 2.73. The summed E-state index contributed by atoms with van der Waals surface area (Å²) in [4.78, 5) is 46.2. The molecule has 19 heavy (non-hydrogen) atoms. The Bertz CT molecular complexity index is 610. The molecule has 1 aromatic carbocycles. The average Bonchev–Trinajstić information content (AvgIpc) is 2.60. The SMILES string of the molecule is O=C(O)CNC(=O)C1C(=O)c2cccc(I)c2C1=O. The Morgan fingerprint density at radius 3 is 2.53 bits per heavy atom. The molecule has 1 aliphatic carbocycles. The second-order valence-corrected chi connectivity index (χ2v) is 5.10. The van der Waals surface area contributed by atoms with Gasteiger partial charge in [0.05, 0.1) is 0 Å². The maximum absolute atomic E-state index is 12.1. The number of ketones is 2. The second-order valence-electron chi connectivity index (χ2n) is 3.94. The number of halogens is 1. The van der Waals surface area contributed by atoms with Crippen molar-refractivity contribution in [2.75, 3.05) is 6.54 Å². The number of benzene rings is 1. The van der Waals surface area contributed by atoms with E-state index in [1.165, 1.54) is 6.07 Å². The number of carboxylic acid groups (broad SMARTS) is 1. The molecule has 0 bridgehead atoms. The Labute approximate surface area is 121 Å². The van der Waals surface area contributed by atoms with Gasteiger partial charge in [-0.25, -0.2) is 0 Å². The molecule has 0 aliphatic heterocycles. The van der Waals surface area contributed by atoms with Crippen molar-refractivity contribution in [3.05, 3.63) is 32.9 Å². The van der Waals surface area contributed by atoms with E-state index < -0.39 is 35.9 Å². The Morgan fingerprint density at radius 1 is 1.26 bits per heavy atom. The minimum Gasteiger partial charge on any atom is -0.480 e. The predicted octanol–water partition coefficient (Wildman–Crippen LogP) is 0.487. The monoisotopic (exact) mass is 373 g/mol. The van der Waals surface area contributed by atoms with Crippen LogP contribution in [0.4, 0.5) is 0 Å². The highest BCUT2D eigenvalue weighted by molar-refractivity contribution is 14.1. The lowest BCUT2D eigenvalue weighted by Crippen LogP contribution is -2.39. The summed E-state index contributed by atoms with van der Waals surface area (Å²) in [5, 5.41) is 10.5. The van der Waals surface area contributed by atoms with E-state index in [1.807, 2.05) is 22.6 Å². The molecule has 1 aromatic rings. The summed E-state index contributed by atoms with van der Waals surface area (Å²) in [6, 6.07) is 4.79. The fraction of sp³-hybridized carbons (Fsp3) is 0.167. The molecule has 0 spiro atoms. The molecule has 2 N–H and O–H groups in total. The van der Waals surface area contributed by atoms with Gasteiger partial charge in [-0.15, -0.1) is 0 Å². The first kappa shape index (κ1) is 13.7. The average molecular weight is 373 g/mol. The molecule has 0 saturated heterocycles. The summed E-state index contributed by atoms with van der Waals surface area (Å²) in [5.74, 6) is -4.73. The molecule has 98 valence electrons. The number of Topliss-reactive ketones (excluding diaryl/α,β-unsaturated/α-hetero) is 2. The first-order valence-electron chi connectivity index (χ1n) is 5.30. The van der Waals surface area contributed by atoms with Crippen LogP contribution in [0.15, 0.2) is 18.2 Å². The first-order valence-corrected chi connectivity index (χ1v) is 6.37. The van der Waals surface area contributed by atoms with E-state index in [-0.39, 0.29) is 11.1 Å². The molecular weight excluding hydrogens is 365 g/mol. The van der Waals surface area contributed by atoms with Crippen LogP contribution >= 0.6 is 22.6 Å². The third kappa shape index (κ3) is 2.37. The topological polar surface area (TPSA) is 101 Å². The number of carbonyl (C=O) groups is 4. The van der Waals surface area contributed by atoms with Gasteiger partial charge in [-0.3, -0.25) is 19.2 Å². The van der Waals surface area contributed by atoms with Gasteiger partial charge in [-0.05, 0) is 28.7 Å². The summed E-state index contributed by atoms with van der Waals surface area (Å²) >= 11 is 1.92. The molecule has 1 aliphatic rings. The lowest BCUT2D eigenvalue weighted by atomic mass is 10.0. The van der Waals surface area contributed by atoms with Gasteiger partial charge in [-0.1, -0.05) is 12.1 Å². The lowest BCUT2D eigenvalue weighted by molar-refractivity contribution is -0.138. The molecule has 7 heteroatoms. The van der Waals surface area contributed by atoms with Crippen LogP contribution in [-0.2, 0) is 9.59 Å². The van der Waals surface area contributed by atoms with Gasteiger partial charge < -0.3 is 10.4 Å². The Balaban J connectivity index is 2.30. The quantitative estimate of drug-likeness (QED) is 0.593. The summed E-state index contributed by atoms with van der Waals surface area (Å²) in [5.41, 5.74) is 0.455. The molecular formula is C12H8INO5. The zero-order valence-corrected chi connectivity index (χ0v) is 11.6. The van der Waals surface area contributed by atoms with Crippen LogP contribution in [0.3, 0.4) is 0 Å². The van der Waals surface area contributed by atoms with Gasteiger partial charge >= 0.3 is 5.97 Å². The number of carboxylic acids is 1. The molecule has 2 rings (SSSR count). The fourth-order valence-electron chi connectivity index (χ4n) is 1.90. The zero-order chi connectivity index (χ0) is 14.2. The van der Waals surface area contributed by atoms with Crippen LogP contribution in [0.1, 0.15) is 20.7 Å². The number of fused-ring (bicyclic) bond motifs is 1. The van der Waals surface area contributed by atoms with E-state index in [9.17, 15) is 19.2 Å². The van der Waals surface area contributed by atoms with Gasteiger partial charge in [-0.2, -0.15) is 0 Å². The normalized spacial score (nSPS) is 17.2. The number of amides is 1. The van der Waals surface area contributed by atoms with E-state index >= 15 is 0 Å². The second kappa shape index (κ2) is 5.08. The van der Waals surface area contributed by atoms with Crippen molar-refractivity contribution in [1.29, 1.82) is 0 Å². The van der Waals surface area contributed by atoms with Crippen molar-refractivity contribution in [2.24, 2.45) is 5.92 Å². The summed E-state index contributed by atoms with van der Waals surface area (Å²) < 4.78 is 0.599. The van der Waals surface area contributed by atoms with Gasteiger partial charge in [0, 0.05) is 14.7 Å². The van der Waals surface area contributed by atoms with Crippen molar-refractivity contribution < 1.29 is 24.3 Å². The lowest BCUT2D eigenvalue weighted by Gasteiger charge is -2.06. The minimum atomic E-state index is -1.47. The molecule has 0 heterocycles. The van der Waals surface area contributed by atoms with E-state index in [1.54, 1.807) is 12.1 Å². The van der Waals surface area contributed by atoms with Crippen LogP contribution in [0.25, 0.3) is 0 Å². The molecule has 1 unspecified atom stereocenters. The largest absolute Gasteiger partial charge is 0.480 e. The Kier molecular flexibility index (Phi) is 3.65. The molecule has 0 radical (unpaired) electrons. The smallest absolute Gasteiger partial charge is 0.322 e. The number of hydrogen-bond acceptors (Lipinski definition) is 4. The summed E-state index contributed by atoms with van der Waals surface area (Å²) in [7, 11) is 0. The summed E-state index contributed by atoms with van der Waals surface area (Å²) in [6.45, 7) is -0.622. The first-order chi connectivity index (χ1) is 8.93. The molecule has 1 atom stereocenters. The van der Waals surface area contributed by atoms with Crippen LogP contribution in [0, 0.1) is 9.49 Å². The predicted molar refractivity (Wildman–Crippen MR) is 72.0 cm³/mol. The molecule has 0 saturated carbocycles. The number of carbonyl (C=O) groups excluding carboxylic acids is 3. The van der Waals surface area contributed by atoms with Crippen LogP contribution in [0.5, 0.6) is 0 Å². The fourth-order valence-corrected chi connectivity index (χ4v) is 2.67. The maximum Gasteiger partial charge on any atom is 0.322 e. The van der Waals surface area contributed by atoms with E-state index in [4.69, 9.17) is 5.11 Å². The minimum absolute atomic E-state index is 0.215. The third-order valence-corrected chi connectivity index (χ3v) is 3.62. The van der Waals surface area contributed by atoms with Crippen molar-refractivity contribution >= 4 is 46.0 Å². The van der Waals surface area contributed by atoms with E-state index in [0.717, 1.165) is 0 Å². The van der Waals surface area contributed by atoms with Gasteiger partial charge in [0.15, 0.2) is 17.5 Å². The maximum atomic E-state index is 12.1. The van der Waals surface area contributed by atoms with Crippen LogP contribution in [-0.4, -0.2) is 35.1 Å². The number of aliphatic carboxylic acids is 1. The van der Waals surface area contributed by atoms with Crippen LogP contribution in [0.2, 0.25) is 0 Å². The number of hydrogen-bond donors (Lipinski definition) is 2. The zero-order valence-electron chi connectivity index (χ0n) is 9.47. The standard InChI is InChI=1S/C12H8INO5/c13-6-3-1-2-5-8(6)11(18)9(10(5)17)12(19)14-4-7(15)16/h1-3,9H,4H2,(H,14,19)(H,15,16). The van der Waals surface area contributed by atoms with Crippen molar-refractivity contribution in [2.45, 2.75) is 0 Å². The molecule has 6 nitrogen and oxygen atoms in total. The Morgan fingerprint density at radius 2 is 1.95 bits per heavy atom. The number of nitrogens with one attached hydrogen (secondary N) is 1. The van der Waals surface area contributed by atoms with Crippen molar-refractivity contribution in [1.82, 2.24) is 5.32 Å². The van der Waals surface area contributed by atoms with Gasteiger partial charge in [0.1, 0.15) is 6.54 Å². The van der Waals surface area contributed by atoms with E-state index in [0.29, 0.717) is 3.57 Å². The molecule has 0 aromatic heterocycles. The highest BCUT2D eigenvalue weighted by Gasteiger charge is 2.44. The van der Waals surface area contributed by atoms with Crippen molar-refractivity contribution in [3.63, 3.8) is 0 Å². The van der Waals surface area contributed by atoms with E-state index in [2.05, 4.69) is 5.32 Å². The van der Waals surface area contributed by atoms with Gasteiger partial charge in [0.25, 0.3) is 0 Å². The molecule has 1 amide bonds. The highest BCUT2D eigenvalue weighted by atomic mass is 127. The highest BCUT2D eigenvalue weighted by Crippen LogP contribution is 2.30. The number of rotatable bonds is 3. The van der Waals surface area contributed by atoms with Crippen LogP contribution < -0.4 is 5.32 Å². The summed E-state index contributed by atoms with van der Waals surface area (Å²) in [6.07, 6.45) is 0. The van der Waals surface area contributed by atoms with Crippen molar-refractivity contribution in [3.8, 4) is 0 Å². The van der Waals surface area contributed by atoms with Gasteiger partial charge in [0.2, 0.25) is 5.91 Å². The Hall–Kier alpha value is -1.77.